The third-order valence-corrected chi connectivity index (χ3v) is 5.33. The zero-order chi connectivity index (χ0) is 19.9. The summed E-state index contributed by atoms with van der Waals surface area (Å²) in [4.78, 5) is 26.1. The normalized spacial score (nSPS) is 21.1. The topological polar surface area (TPSA) is 76.1 Å². The number of aromatic nitrogens is 1. The fraction of sp³-hybridized carbons (Fsp3) is 0.632. The maximum Gasteiger partial charge on any atom is 0.219 e. The molecule has 0 aromatic carbocycles. The van der Waals surface area contributed by atoms with Crippen molar-refractivity contribution in [2.45, 2.75) is 19.4 Å². The first kappa shape index (κ1) is 20.3. The van der Waals surface area contributed by atoms with Gasteiger partial charge in [0, 0.05) is 78.6 Å². The summed E-state index contributed by atoms with van der Waals surface area (Å²) in [5.41, 5.74) is 0. The van der Waals surface area contributed by atoms with Crippen LogP contribution in [0.25, 0.3) is 0 Å². The highest BCUT2D eigenvalue weighted by atomic mass is 19.1. The van der Waals surface area contributed by atoms with Crippen LogP contribution >= 0.6 is 0 Å². The molecule has 0 aliphatic carbocycles. The lowest BCUT2D eigenvalue weighted by Gasteiger charge is -2.34. The number of halogens is 1. The second kappa shape index (κ2) is 9.68. The van der Waals surface area contributed by atoms with Crippen LogP contribution in [0, 0.1) is 5.82 Å². The van der Waals surface area contributed by atoms with Crippen LogP contribution < -0.4 is 15.5 Å². The number of hydrogen-bond acceptors (Lipinski definition) is 5. The van der Waals surface area contributed by atoms with Crippen LogP contribution in [0.5, 0.6) is 0 Å². The Hall–Kier alpha value is -2.42. The molecule has 154 valence electrons. The van der Waals surface area contributed by atoms with E-state index in [-0.39, 0.29) is 17.8 Å². The number of anilines is 1. The molecule has 1 aromatic heterocycles. The number of piperazine rings is 1. The lowest BCUT2D eigenvalue weighted by atomic mass is 10.3. The van der Waals surface area contributed by atoms with Crippen molar-refractivity contribution >= 4 is 17.7 Å². The van der Waals surface area contributed by atoms with E-state index in [2.05, 4.69) is 25.5 Å². The number of pyridine rings is 1. The van der Waals surface area contributed by atoms with Crippen LogP contribution in [0.2, 0.25) is 0 Å². The van der Waals surface area contributed by atoms with Crippen LogP contribution in [0.1, 0.15) is 13.3 Å². The number of aliphatic imine (C=N–C) groups is 1. The van der Waals surface area contributed by atoms with Crippen molar-refractivity contribution in [2.24, 2.45) is 4.99 Å². The van der Waals surface area contributed by atoms with E-state index in [0.717, 1.165) is 58.2 Å². The van der Waals surface area contributed by atoms with Crippen LogP contribution in [0.15, 0.2) is 23.3 Å². The number of guanidine groups is 1. The van der Waals surface area contributed by atoms with Crippen molar-refractivity contribution in [1.29, 1.82) is 0 Å². The van der Waals surface area contributed by atoms with Crippen LogP contribution in [0.4, 0.5) is 10.2 Å². The summed E-state index contributed by atoms with van der Waals surface area (Å²) >= 11 is 0. The van der Waals surface area contributed by atoms with Gasteiger partial charge in [0.1, 0.15) is 0 Å². The van der Waals surface area contributed by atoms with Crippen molar-refractivity contribution < 1.29 is 9.18 Å². The third kappa shape index (κ3) is 5.31. The van der Waals surface area contributed by atoms with Gasteiger partial charge in [-0.2, -0.15) is 0 Å². The lowest BCUT2D eigenvalue weighted by molar-refractivity contribution is -0.130. The molecule has 2 aliphatic rings. The van der Waals surface area contributed by atoms with E-state index < -0.39 is 0 Å². The molecule has 2 N–H and O–H groups in total. The van der Waals surface area contributed by atoms with Crippen LogP contribution in [-0.2, 0) is 4.79 Å². The van der Waals surface area contributed by atoms with Crippen molar-refractivity contribution in [3.8, 4) is 0 Å². The number of carbonyl (C=O) groups is 1. The smallest absolute Gasteiger partial charge is 0.219 e. The van der Waals surface area contributed by atoms with Gasteiger partial charge in [0.2, 0.25) is 5.91 Å². The van der Waals surface area contributed by atoms with Gasteiger partial charge < -0.3 is 20.4 Å². The quantitative estimate of drug-likeness (QED) is 0.549. The van der Waals surface area contributed by atoms with E-state index in [9.17, 15) is 9.18 Å². The number of amides is 1. The summed E-state index contributed by atoms with van der Waals surface area (Å²) < 4.78 is 13.9. The molecule has 2 saturated heterocycles. The summed E-state index contributed by atoms with van der Waals surface area (Å²) in [6.07, 6.45) is 2.53. The van der Waals surface area contributed by atoms with Crippen LogP contribution in [0.3, 0.4) is 0 Å². The standard InChI is InChI=1S/C19H30FN7O/c1-15(28)26-12-10-25(11-13-26)9-7-23-19(21-2)24-16-5-8-27(14-16)18-17(20)4-3-6-22-18/h3-4,6,16H,5,7-14H2,1-2H3,(H2,21,23,24). The first-order chi connectivity index (χ1) is 13.6. The highest BCUT2D eigenvalue weighted by molar-refractivity contribution is 5.80. The minimum atomic E-state index is -0.282. The average molecular weight is 391 g/mol. The molecule has 2 aliphatic heterocycles. The molecule has 9 heteroatoms. The Labute approximate surface area is 165 Å². The van der Waals surface area contributed by atoms with Gasteiger partial charge in [-0.15, -0.1) is 0 Å². The molecule has 0 saturated carbocycles. The molecule has 0 spiro atoms. The minimum absolute atomic E-state index is 0.151. The second-order valence-electron chi connectivity index (χ2n) is 7.23. The van der Waals surface area contributed by atoms with Crippen LogP contribution in [-0.4, -0.2) is 92.1 Å². The molecule has 1 atom stereocenters. The minimum Gasteiger partial charge on any atom is -0.355 e. The van der Waals surface area contributed by atoms with E-state index in [1.165, 1.54) is 6.07 Å². The molecule has 1 unspecified atom stereocenters. The Morgan fingerprint density at radius 1 is 1.32 bits per heavy atom. The summed E-state index contributed by atoms with van der Waals surface area (Å²) in [7, 11) is 1.76. The van der Waals surface area contributed by atoms with E-state index in [0.29, 0.717) is 12.4 Å². The van der Waals surface area contributed by atoms with Gasteiger partial charge in [0.25, 0.3) is 0 Å². The summed E-state index contributed by atoms with van der Waals surface area (Å²) in [6, 6.07) is 3.25. The predicted octanol–water partition coefficient (Wildman–Crippen LogP) is 0.129. The van der Waals surface area contributed by atoms with Gasteiger partial charge in [-0.1, -0.05) is 0 Å². The zero-order valence-corrected chi connectivity index (χ0v) is 16.7. The molecule has 0 bridgehead atoms. The fourth-order valence-corrected chi connectivity index (χ4v) is 3.69. The third-order valence-electron chi connectivity index (χ3n) is 5.33. The summed E-state index contributed by atoms with van der Waals surface area (Å²) in [6.45, 7) is 8.17. The fourth-order valence-electron chi connectivity index (χ4n) is 3.69. The van der Waals surface area contributed by atoms with E-state index in [1.54, 1.807) is 26.2 Å². The first-order valence-electron chi connectivity index (χ1n) is 9.87. The Bertz CT molecular complexity index is 691. The van der Waals surface area contributed by atoms with Gasteiger partial charge in [-0.3, -0.25) is 14.7 Å². The lowest BCUT2D eigenvalue weighted by Crippen LogP contribution is -2.51. The predicted molar refractivity (Wildman–Crippen MR) is 108 cm³/mol. The molecule has 2 fully saturated rings. The van der Waals surface area contributed by atoms with Gasteiger partial charge in [0.05, 0.1) is 0 Å². The SMILES string of the molecule is CN=C(NCCN1CCN(C(C)=O)CC1)NC1CCN(c2ncccc2F)C1. The van der Waals surface area contributed by atoms with Crippen molar-refractivity contribution in [2.75, 3.05) is 64.3 Å². The van der Waals surface area contributed by atoms with E-state index in [1.807, 2.05) is 9.80 Å². The first-order valence-corrected chi connectivity index (χ1v) is 9.87. The summed E-state index contributed by atoms with van der Waals surface area (Å²) in [5, 5.41) is 6.77. The zero-order valence-electron chi connectivity index (χ0n) is 16.7. The largest absolute Gasteiger partial charge is 0.355 e. The van der Waals surface area contributed by atoms with Gasteiger partial charge in [0.15, 0.2) is 17.6 Å². The molecular formula is C19H30FN7O. The molecule has 1 amide bonds. The van der Waals surface area contributed by atoms with E-state index in [4.69, 9.17) is 0 Å². The Kier molecular flexibility index (Phi) is 7.02. The molecule has 1 aromatic rings. The van der Waals surface area contributed by atoms with E-state index >= 15 is 0 Å². The number of carbonyl (C=O) groups excluding carboxylic acids is 1. The monoisotopic (exact) mass is 391 g/mol. The van der Waals surface area contributed by atoms with Gasteiger partial charge in [-0.25, -0.2) is 9.37 Å². The Morgan fingerprint density at radius 3 is 2.79 bits per heavy atom. The van der Waals surface area contributed by atoms with Gasteiger partial charge >= 0.3 is 0 Å². The number of hydrogen-bond donors (Lipinski definition) is 2. The second-order valence-corrected chi connectivity index (χ2v) is 7.23. The molecular weight excluding hydrogens is 361 g/mol. The molecule has 8 nitrogen and oxygen atoms in total. The number of nitrogens with one attached hydrogen (secondary N) is 2. The highest BCUT2D eigenvalue weighted by Gasteiger charge is 2.26. The Morgan fingerprint density at radius 2 is 2.11 bits per heavy atom. The average Bonchev–Trinajstić information content (AvgIpc) is 3.16. The maximum atomic E-state index is 13.9. The molecule has 28 heavy (non-hydrogen) atoms. The van der Waals surface area contributed by atoms with Gasteiger partial charge in [-0.05, 0) is 18.6 Å². The maximum absolute atomic E-state index is 13.9. The Balaban J connectivity index is 1.38. The molecule has 3 heterocycles. The molecule has 0 radical (unpaired) electrons. The van der Waals surface area contributed by atoms with Crippen molar-refractivity contribution in [3.05, 3.63) is 24.1 Å². The summed E-state index contributed by atoms with van der Waals surface area (Å²) in [5.74, 6) is 1.05. The highest BCUT2D eigenvalue weighted by Crippen LogP contribution is 2.20. The number of rotatable bonds is 5. The molecule has 3 rings (SSSR count). The van der Waals surface area contributed by atoms with Crippen molar-refractivity contribution in [3.63, 3.8) is 0 Å². The van der Waals surface area contributed by atoms with Crippen molar-refractivity contribution in [1.82, 2.24) is 25.4 Å². The number of nitrogens with zero attached hydrogens (tertiary/aromatic N) is 5.